The van der Waals surface area contributed by atoms with E-state index in [2.05, 4.69) is 30.5 Å². The van der Waals surface area contributed by atoms with Crippen molar-refractivity contribution in [1.82, 2.24) is 15.0 Å². The highest BCUT2D eigenvalue weighted by Gasteiger charge is 2.21. The van der Waals surface area contributed by atoms with E-state index < -0.39 is 0 Å². The van der Waals surface area contributed by atoms with Gasteiger partial charge in [-0.05, 0) is 50.7 Å². The number of aromatic nitrogens is 3. The number of halogens is 1. The maximum absolute atomic E-state index is 12.8. The van der Waals surface area contributed by atoms with Gasteiger partial charge in [0, 0.05) is 25.8 Å². The molecule has 0 bridgehead atoms. The van der Waals surface area contributed by atoms with Gasteiger partial charge in [0.1, 0.15) is 30.2 Å². The molecule has 0 spiro atoms. The second kappa shape index (κ2) is 10.7. The number of anilines is 4. The number of thiazole rings is 1. The molecular weight excluding hydrogens is 471 g/mol. The zero-order valence-electron chi connectivity index (χ0n) is 19.1. The second-order valence-electron chi connectivity index (χ2n) is 8.40. The van der Waals surface area contributed by atoms with E-state index in [1.165, 1.54) is 17.5 Å². The maximum Gasteiger partial charge on any atom is 0.267 e. The predicted octanol–water partition coefficient (Wildman–Crippen LogP) is 3.59. The normalized spacial score (nSPS) is 14.3. The van der Waals surface area contributed by atoms with Crippen molar-refractivity contribution in [3.63, 3.8) is 0 Å². The summed E-state index contributed by atoms with van der Waals surface area (Å²) < 4.78 is 0. The van der Waals surface area contributed by atoms with E-state index in [4.69, 9.17) is 19.4 Å². The van der Waals surface area contributed by atoms with E-state index in [0.29, 0.717) is 43.7 Å². The van der Waals surface area contributed by atoms with Gasteiger partial charge in [-0.2, -0.15) is 0 Å². The molecule has 0 unspecified atom stereocenters. The molecule has 2 aromatic heterocycles. The number of carbonyl (C=O) groups excluding carboxylic acids is 1. The number of aryl methyl sites for hydroxylation is 2. The summed E-state index contributed by atoms with van der Waals surface area (Å²) in [4.78, 5) is 28.8. The first-order valence-electron chi connectivity index (χ1n) is 11.1. The number of aliphatic hydroxyl groups excluding tert-OH is 1. The average molecular weight is 497 g/mol. The predicted molar refractivity (Wildman–Crippen MR) is 138 cm³/mol. The van der Waals surface area contributed by atoms with Crippen molar-refractivity contribution < 1.29 is 9.90 Å². The average Bonchev–Trinajstić information content (AvgIpc) is 3.25. The summed E-state index contributed by atoms with van der Waals surface area (Å²) in [5.41, 5.74) is 1.85. The Balaban J connectivity index is 1.43. The molecule has 3 N–H and O–H groups in total. The lowest BCUT2D eigenvalue weighted by Gasteiger charge is -2.32. The zero-order chi connectivity index (χ0) is 24.2. The van der Waals surface area contributed by atoms with Gasteiger partial charge in [0.15, 0.2) is 5.13 Å². The number of amides is 1. The minimum atomic E-state index is -0.300. The van der Waals surface area contributed by atoms with Crippen molar-refractivity contribution >= 4 is 64.6 Å². The fourth-order valence-corrected chi connectivity index (χ4v) is 5.10. The molecule has 2 radical (unpaired) electrons. The van der Waals surface area contributed by atoms with Gasteiger partial charge in [0.05, 0.1) is 16.9 Å². The Labute approximate surface area is 209 Å². The molecule has 0 atom stereocenters. The SMILES string of the molecule is [B]c1cc(C)c(NC(=O)c2cnc(Nc3cc(N4CCC(CCO)CC4)nc(C)n3)s2)c(Cl)c1. The minimum Gasteiger partial charge on any atom is -0.396 e. The van der Waals surface area contributed by atoms with Crippen molar-refractivity contribution in [2.24, 2.45) is 5.92 Å². The van der Waals surface area contributed by atoms with Crippen molar-refractivity contribution in [2.75, 3.05) is 35.2 Å². The van der Waals surface area contributed by atoms with Crippen LogP contribution in [-0.4, -0.2) is 53.5 Å². The van der Waals surface area contributed by atoms with Crippen LogP contribution in [0.1, 0.15) is 40.3 Å². The Morgan fingerprint density at radius 2 is 2.03 bits per heavy atom. The molecule has 11 heteroatoms. The van der Waals surface area contributed by atoms with Crippen LogP contribution >= 0.6 is 22.9 Å². The number of nitrogens with one attached hydrogen (secondary N) is 2. The van der Waals surface area contributed by atoms with Crippen LogP contribution in [0.5, 0.6) is 0 Å². The van der Waals surface area contributed by atoms with Gasteiger partial charge in [-0.25, -0.2) is 15.0 Å². The highest BCUT2D eigenvalue weighted by atomic mass is 35.5. The Kier molecular flexibility index (Phi) is 7.70. The molecule has 0 saturated carbocycles. The number of benzene rings is 1. The fourth-order valence-electron chi connectivity index (χ4n) is 4.06. The van der Waals surface area contributed by atoms with Crippen LogP contribution in [0, 0.1) is 19.8 Å². The largest absolute Gasteiger partial charge is 0.396 e. The van der Waals surface area contributed by atoms with Crippen LogP contribution in [0.3, 0.4) is 0 Å². The first-order valence-corrected chi connectivity index (χ1v) is 12.3. The van der Waals surface area contributed by atoms with Crippen LogP contribution in [0.4, 0.5) is 22.5 Å². The molecule has 34 heavy (non-hydrogen) atoms. The number of aliphatic hydroxyl groups is 1. The van der Waals surface area contributed by atoms with Gasteiger partial charge in [0.2, 0.25) is 0 Å². The molecule has 1 saturated heterocycles. The molecule has 3 heterocycles. The lowest BCUT2D eigenvalue weighted by molar-refractivity contribution is 0.103. The number of carbonyl (C=O) groups is 1. The molecular formula is C23H26BClN6O2S. The molecule has 8 nitrogen and oxygen atoms in total. The van der Waals surface area contributed by atoms with Gasteiger partial charge in [-0.3, -0.25) is 4.79 Å². The highest BCUT2D eigenvalue weighted by Crippen LogP contribution is 2.29. The Hall–Kier alpha value is -2.69. The Morgan fingerprint density at radius 3 is 2.74 bits per heavy atom. The number of rotatable bonds is 7. The number of hydrogen-bond acceptors (Lipinski definition) is 8. The van der Waals surface area contributed by atoms with Crippen LogP contribution in [0.25, 0.3) is 0 Å². The molecule has 1 aromatic carbocycles. The summed E-state index contributed by atoms with van der Waals surface area (Å²) in [7, 11) is 5.80. The summed E-state index contributed by atoms with van der Waals surface area (Å²) in [6.07, 6.45) is 4.45. The van der Waals surface area contributed by atoms with E-state index in [1.807, 2.05) is 19.9 Å². The van der Waals surface area contributed by atoms with E-state index >= 15 is 0 Å². The topological polar surface area (TPSA) is 103 Å². The molecule has 1 aliphatic heterocycles. The van der Waals surface area contributed by atoms with E-state index in [1.54, 1.807) is 12.1 Å². The standard InChI is InChI=1S/C23H26BClN6O2S/c1-13-9-16(24)10-17(25)21(13)30-22(33)18-12-26-23(34-18)29-19-11-20(28-14(2)27-19)31-6-3-15(4-7-31)5-8-32/h9-12,15,32H,3-8H2,1-2H3,(H,30,33)(H,26,27,28,29). The lowest BCUT2D eigenvalue weighted by atomic mass is 9.94. The van der Waals surface area contributed by atoms with Gasteiger partial charge < -0.3 is 20.6 Å². The highest BCUT2D eigenvalue weighted by molar-refractivity contribution is 7.17. The number of hydrogen-bond donors (Lipinski definition) is 3. The first kappa shape index (κ1) is 24.4. The number of piperidine rings is 1. The third-order valence-corrected chi connectivity index (χ3v) is 7.02. The van der Waals surface area contributed by atoms with Gasteiger partial charge in [-0.1, -0.05) is 34.5 Å². The van der Waals surface area contributed by atoms with Crippen LogP contribution in [0.2, 0.25) is 5.02 Å². The van der Waals surface area contributed by atoms with Crippen molar-refractivity contribution in [3.05, 3.63) is 45.7 Å². The molecule has 4 rings (SSSR count). The smallest absolute Gasteiger partial charge is 0.267 e. The van der Waals surface area contributed by atoms with Crippen molar-refractivity contribution in [2.45, 2.75) is 33.1 Å². The molecule has 3 aromatic rings. The Bertz CT molecular complexity index is 1160. The Morgan fingerprint density at radius 1 is 1.26 bits per heavy atom. The molecule has 0 aliphatic carbocycles. The molecule has 1 amide bonds. The van der Waals surface area contributed by atoms with Crippen LogP contribution in [0.15, 0.2) is 24.4 Å². The van der Waals surface area contributed by atoms with Gasteiger partial charge in [0.25, 0.3) is 5.91 Å². The molecule has 176 valence electrons. The van der Waals surface area contributed by atoms with Crippen LogP contribution < -0.4 is 21.0 Å². The third-order valence-electron chi connectivity index (χ3n) is 5.81. The fraction of sp³-hybridized carbons (Fsp3) is 0.391. The third kappa shape index (κ3) is 5.86. The van der Waals surface area contributed by atoms with Gasteiger partial charge >= 0.3 is 0 Å². The summed E-state index contributed by atoms with van der Waals surface area (Å²) >= 11 is 7.47. The van der Waals surface area contributed by atoms with E-state index in [-0.39, 0.29) is 12.5 Å². The second-order valence-corrected chi connectivity index (χ2v) is 9.84. The summed E-state index contributed by atoms with van der Waals surface area (Å²) in [6, 6.07) is 5.26. The molecule has 1 aliphatic rings. The van der Waals surface area contributed by atoms with E-state index in [9.17, 15) is 9.90 Å². The maximum atomic E-state index is 12.8. The zero-order valence-corrected chi connectivity index (χ0v) is 20.7. The monoisotopic (exact) mass is 496 g/mol. The minimum absolute atomic E-state index is 0.242. The van der Waals surface area contributed by atoms with E-state index in [0.717, 1.165) is 43.7 Å². The molecule has 1 fully saturated rings. The quantitative estimate of drug-likeness (QED) is 0.429. The first-order chi connectivity index (χ1) is 16.3. The summed E-state index contributed by atoms with van der Waals surface area (Å²) in [5, 5.41) is 16.2. The van der Waals surface area contributed by atoms with Crippen molar-refractivity contribution in [1.29, 1.82) is 0 Å². The number of nitrogens with zero attached hydrogens (tertiary/aromatic N) is 4. The van der Waals surface area contributed by atoms with Gasteiger partial charge in [-0.15, -0.1) is 0 Å². The van der Waals surface area contributed by atoms with Crippen LogP contribution in [-0.2, 0) is 0 Å². The summed E-state index contributed by atoms with van der Waals surface area (Å²) in [6.45, 7) is 5.73. The summed E-state index contributed by atoms with van der Waals surface area (Å²) in [5.74, 6) is 2.40. The lowest BCUT2D eigenvalue weighted by Crippen LogP contribution is -2.34. The van der Waals surface area contributed by atoms with Crippen molar-refractivity contribution in [3.8, 4) is 0 Å².